The number of nitrogens with zero attached hydrogens (tertiary/aromatic N) is 1. The van der Waals surface area contributed by atoms with Crippen molar-refractivity contribution in [1.82, 2.24) is 4.98 Å². The number of unbranched alkanes of at least 4 members (excludes halogenated alkanes) is 1. The van der Waals surface area contributed by atoms with Crippen LogP contribution in [0.3, 0.4) is 0 Å². The summed E-state index contributed by atoms with van der Waals surface area (Å²) in [6, 6.07) is 1.90. The molecule has 0 saturated heterocycles. The predicted molar refractivity (Wildman–Crippen MR) is 60.8 cm³/mol. The highest BCUT2D eigenvalue weighted by molar-refractivity contribution is 6.30. The first-order chi connectivity index (χ1) is 6.74. The average Bonchev–Trinajstić information content (AvgIpc) is 2.15. The molecule has 0 bridgehead atoms. The van der Waals surface area contributed by atoms with Crippen LogP contribution in [0.25, 0.3) is 0 Å². The van der Waals surface area contributed by atoms with Crippen molar-refractivity contribution in [3.63, 3.8) is 0 Å². The summed E-state index contributed by atoms with van der Waals surface area (Å²) in [6.45, 7) is 3.64. The van der Waals surface area contributed by atoms with Crippen molar-refractivity contribution in [2.45, 2.75) is 19.8 Å². The summed E-state index contributed by atoms with van der Waals surface area (Å²) >= 11 is 5.79. The van der Waals surface area contributed by atoms with E-state index in [2.05, 4.69) is 10.3 Å². The number of anilines is 1. The Morgan fingerprint density at radius 3 is 2.93 bits per heavy atom. The van der Waals surface area contributed by atoms with E-state index < -0.39 is 0 Å². The largest absolute Gasteiger partial charge is 0.370 e. The second-order valence-electron chi connectivity index (χ2n) is 3.24. The molecule has 1 heterocycles. The fourth-order valence-electron chi connectivity index (χ4n) is 1.20. The molecule has 0 spiro atoms. The normalized spacial score (nSPS) is 10.2. The Morgan fingerprint density at radius 1 is 1.50 bits per heavy atom. The van der Waals surface area contributed by atoms with Gasteiger partial charge in [-0.05, 0) is 37.9 Å². The van der Waals surface area contributed by atoms with Gasteiger partial charge in [0.25, 0.3) is 0 Å². The van der Waals surface area contributed by atoms with Crippen molar-refractivity contribution in [1.29, 1.82) is 0 Å². The number of rotatable bonds is 5. The maximum Gasteiger partial charge on any atom is 0.128 e. The molecular weight excluding hydrogens is 198 g/mol. The molecule has 0 aliphatic rings. The molecule has 1 aromatic heterocycles. The van der Waals surface area contributed by atoms with Crippen molar-refractivity contribution < 1.29 is 0 Å². The summed E-state index contributed by atoms with van der Waals surface area (Å²) in [5.74, 6) is 0.909. The lowest BCUT2D eigenvalue weighted by Crippen LogP contribution is -2.07. The van der Waals surface area contributed by atoms with Crippen LogP contribution >= 0.6 is 11.6 Å². The average molecular weight is 214 g/mol. The summed E-state index contributed by atoms with van der Waals surface area (Å²) in [6.07, 6.45) is 3.76. The van der Waals surface area contributed by atoms with Crippen molar-refractivity contribution in [2.24, 2.45) is 5.73 Å². The molecule has 0 radical (unpaired) electrons. The Balaban J connectivity index is 2.42. The zero-order chi connectivity index (χ0) is 10.4. The van der Waals surface area contributed by atoms with Gasteiger partial charge < -0.3 is 11.1 Å². The molecule has 0 unspecified atom stereocenters. The minimum absolute atomic E-state index is 0.676. The van der Waals surface area contributed by atoms with Gasteiger partial charge in [-0.25, -0.2) is 4.98 Å². The van der Waals surface area contributed by atoms with Gasteiger partial charge >= 0.3 is 0 Å². The van der Waals surface area contributed by atoms with E-state index in [9.17, 15) is 0 Å². The van der Waals surface area contributed by atoms with Gasteiger partial charge in [-0.1, -0.05) is 11.6 Å². The minimum Gasteiger partial charge on any atom is -0.370 e. The zero-order valence-electron chi connectivity index (χ0n) is 8.39. The molecule has 0 fully saturated rings. The molecule has 0 atom stereocenters. The highest BCUT2D eigenvalue weighted by Gasteiger charge is 1.99. The van der Waals surface area contributed by atoms with E-state index in [0.717, 1.165) is 37.3 Å². The van der Waals surface area contributed by atoms with E-state index in [1.54, 1.807) is 6.20 Å². The smallest absolute Gasteiger partial charge is 0.128 e. The van der Waals surface area contributed by atoms with Gasteiger partial charge in [0.2, 0.25) is 0 Å². The Labute approximate surface area is 89.7 Å². The fourth-order valence-corrected chi connectivity index (χ4v) is 1.41. The highest BCUT2D eigenvalue weighted by Crippen LogP contribution is 2.15. The first-order valence-corrected chi connectivity index (χ1v) is 5.18. The van der Waals surface area contributed by atoms with Crippen molar-refractivity contribution >= 4 is 17.4 Å². The van der Waals surface area contributed by atoms with E-state index in [1.165, 1.54) is 0 Å². The fraction of sp³-hybridized carbons (Fsp3) is 0.500. The van der Waals surface area contributed by atoms with Gasteiger partial charge in [-0.15, -0.1) is 0 Å². The van der Waals surface area contributed by atoms with Gasteiger partial charge in [0.1, 0.15) is 5.82 Å². The molecule has 1 aromatic rings. The number of nitrogens with one attached hydrogen (secondary N) is 1. The van der Waals surface area contributed by atoms with Gasteiger partial charge in [0.15, 0.2) is 0 Å². The third-order valence-corrected chi connectivity index (χ3v) is 2.17. The number of aryl methyl sites for hydroxylation is 1. The Kier molecular flexibility index (Phi) is 4.70. The lowest BCUT2D eigenvalue weighted by atomic mass is 10.2. The molecule has 78 valence electrons. The van der Waals surface area contributed by atoms with Crippen molar-refractivity contribution in [2.75, 3.05) is 18.4 Å². The Hall–Kier alpha value is -0.800. The molecular formula is C10H16ClN3. The van der Waals surface area contributed by atoms with Crippen LogP contribution in [0, 0.1) is 6.92 Å². The third kappa shape index (κ3) is 3.52. The molecule has 3 nitrogen and oxygen atoms in total. The Morgan fingerprint density at radius 2 is 2.29 bits per heavy atom. The van der Waals surface area contributed by atoms with Gasteiger partial charge in [0.05, 0.1) is 5.02 Å². The first kappa shape index (κ1) is 11.3. The van der Waals surface area contributed by atoms with Crippen LogP contribution in [-0.4, -0.2) is 18.1 Å². The van der Waals surface area contributed by atoms with Crippen LogP contribution < -0.4 is 11.1 Å². The number of halogens is 1. The molecule has 4 heteroatoms. The van der Waals surface area contributed by atoms with Crippen LogP contribution in [0.5, 0.6) is 0 Å². The summed E-state index contributed by atoms with van der Waals surface area (Å²) in [4.78, 5) is 4.20. The van der Waals surface area contributed by atoms with Gasteiger partial charge in [-0.3, -0.25) is 0 Å². The SMILES string of the molecule is Cc1cc(Cl)cnc1NCCCCN. The maximum atomic E-state index is 5.79. The Bertz CT molecular complexity index is 289. The minimum atomic E-state index is 0.676. The van der Waals surface area contributed by atoms with Crippen LogP contribution in [0.15, 0.2) is 12.3 Å². The predicted octanol–water partition coefficient (Wildman–Crippen LogP) is 2.19. The topological polar surface area (TPSA) is 50.9 Å². The number of hydrogen-bond donors (Lipinski definition) is 2. The standard InChI is InChI=1S/C10H16ClN3/c1-8-6-9(11)7-14-10(8)13-5-3-2-4-12/h6-7H,2-5,12H2,1H3,(H,13,14). The van der Waals surface area contributed by atoms with Crippen LogP contribution in [0.2, 0.25) is 5.02 Å². The maximum absolute atomic E-state index is 5.79. The zero-order valence-corrected chi connectivity index (χ0v) is 9.14. The summed E-state index contributed by atoms with van der Waals surface area (Å²) in [5, 5.41) is 3.93. The molecule has 14 heavy (non-hydrogen) atoms. The van der Waals surface area contributed by atoms with E-state index in [4.69, 9.17) is 17.3 Å². The van der Waals surface area contributed by atoms with Crippen LogP contribution in [0.4, 0.5) is 5.82 Å². The monoisotopic (exact) mass is 213 g/mol. The van der Waals surface area contributed by atoms with Gasteiger partial charge in [0, 0.05) is 12.7 Å². The van der Waals surface area contributed by atoms with E-state index in [0.29, 0.717) is 5.02 Å². The number of nitrogens with two attached hydrogens (primary N) is 1. The second kappa shape index (κ2) is 5.83. The van der Waals surface area contributed by atoms with Crippen molar-refractivity contribution in [3.05, 3.63) is 22.8 Å². The van der Waals surface area contributed by atoms with Crippen molar-refractivity contribution in [3.8, 4) is 0 Å². The van der Waals surface area contributed by atoms with E-state index in [-0.39, 0.29) is 0 Å². The quantitative estimate of drug-likeness (QED) is 0.738. The second-order valence-corrected chi connectivity index (χ2v) is 3.68. The summed E-state index contributed by atoms with van der Waals surface area (Å²) in [7, 11) is 0. The molecule has 0 aliphatic heterocycles. The third-order valence-electron chi connectivity index (χ3n) is 1.97. The molecule has 3 N–H and O–H groups in total. The van der Waals surface area contributed by atoms with Gasteiger partial charge in [-0.2, -0.15) is 0 Å². The summed E-state index contributed by atoms with van der Waals surface area (Å²) in [5.41, 5.74) is 6.47. The van der Waals surface area contributed by atoms with Crippen LogP contribution in [-0.2, 0) is 0 Å². The lowest BCUT2D eigenvalue weighted by molar-refractivity contribution is 0.772. The molecule has 0 amide bonds. The van der Waals surface area contributed by atoms with E-state index >= 15 is 0 Å². The molecule has 1 rings (SSSR count). The lowest BCUT2D eigenvalue weighted by Gasteiger charge is -2.07. The molecule has 0 aromatic carbocycles. The summed E-state index contributed by atoms with van der Waals surface area (Å²) < 4.78 is 0. The number of aromatic nitrogens is 1. The highest BCUT2D eigenvalue weighted by atomic mass is 35.5. The van der Waals surface area contributed by atoms with E-state index in [1.807, 2.05) is 13.0 Å². The molecule has 0 aliphatic carbocycles. The first-order valence-electron chi connectivity index (χ1n) is 4.80. The number of pyridine rings is 1. The van der Waals surface area contributed by atoms with Crippen LogP contribution in [0.1, 0.15) is 18.4 Å². The molecule has 0 saturated carbocycles. The number of hydrogen-bond acceptors (Lipinski definition) is 3.